The summed E-state index contributed by atoms with van der Waals surface area (Å²) >= 11 is 0. The van der Waals surface area contributed by atoms with Crippen LogP contribution in [0.5, 0.6) is 0 Å². The van der Waals surface area contributed by atoms with Crippen molar-refractivity contribution in [1.29, 1.82) is 0 Å². The van der Waals surface area contributed by atoms with Crippen molar-refractivity contribution in [3.8, 4) is 0 Å². The summed E-state index contributed by atoms with van der Waals surface area (Å²) < 4.78 is 28.4. The van der Waals surface area contributed by atoms with Gasteiger partial charge in [-0.3, -0.25) is 14.4 Å². The normalized spacial score (nSPS) is 18.7. The van der Waals surface area contributed by atoms with E-state index in [2.05, 4.69) is 148 Å². The number of carbonyl (C=O) groups excluding carboxylic acids is 3. The summed E-state index contributed by atoms with van der Waals surface area (Å²) in [5, 5.41) is 31.6. The van der Waals surface area contributed by atoms with Crippen molar-refractivity contribution in [2.75, 3.05) is 13.2 Å². The number of unbranched alkanes of at least 4 members (excludes halogenated alkanes) is 15. The topological polar surface area (TPSA) is 175 Å². The molecule has 6 unspecified atom stereocenters. The first-order chi connectivity index (χ1) is 39.6. The Labute approximate surface area is 490 Å². The summed E-state index contributed by atoms with van der Waals surface area (Å²) in [6.45, 7) is 5.67. The zero-order valence-electron chi connectivity index (χ0n) is 50.2. The molecule has 0 aromatic rings. The minimum atomic E-state index is -1.93. The number of aliphatic carboxylic acids is 1. The first-order valence-corrected chi connectivity index (χ1v) is 31.2. The summed E-state index contributed by atoms with van der Waals surface area (Å²) in [6, 6.07) is 0. The summed E-state index contributed by atoms with van der Waals surface area (Å²) in [6.07, 6.45) is 65.5. The lowest BCUT2D eigenvalue weighted by Crippen LogP contribution is -2.61. The molecule has 0 aliphatic carbocycles. The number of rotatable bonds is 51. The Morgan fingerprint density at radius 1 is 0.420 bits per heavy atom. The molecule has 81 heavy (non-hydrogen) atoms. The van der Waals surface area contributed by atoms with Gasteiger partial charge in [-0.2, -0.15) is 0 Å². The predicted octanol–water partition coefficient (Wildman–Crippen LogP) is 16.6. The van der Waals surface area contributed by atoms with Crippen LogP contribution in [0.2, 0.25) is 0 Å². The first-order valence-electron chi connectivity index (χ1n) is 31.2. The van der Waals surface area contributed by atoms with Crippen LogP contribution >= 0.6 is 0 Å². The van der Waals surface area contributed by atoms with Crippen LogP contribution in [0.15, 0.2) is 134 Å². The number of allylic oxidation sites excluding steroid dienone is 22. The van der Waals surface area contributed by atoms with Gasteiger partial charge in [0.2, 0.25) is 0 Å². The molecule has 3 N–H and O–H groups in total. The van der Waals surface area contributed by atoms with E-state index in [4.69, 9.17) is 23.7 Å². The smallest absolute Gasteiger partial charge is 0.335 e. The standard InChI is InChI=1S/C69H108O12/c1-4-7-10-13-16-19-22-25-28-31-34-37-40-43-46-49-52-55-61(70)77-58-60(79-62(71)56-53-50-47-44-41-38-35-32-29-26-23-20-17-14-11-8-5-2)59-78-69-67(65(74)64(73)66(81-69)68(75)76)80-63(72)57-54-51-48-45-42-39-36-33-30-27-24-21-18-15-12-9-6-3/h7-8,10-11,16-21,25-30,34-35,37-38,43,46,60,64-67,69,73-74H,4-6,9,12-15,22-24,31-33,36,39-42,44-45,47-59H2,1-3H3,(H,75,76)/b10-7-,11-8-,19-16-,20-17-,21-18-,28-25-,29-26-,30-27-,37-34-,38-35-,46-43-. The van der Waals surface area contributed by atoms with Gasteiger partial charge in [0.25, 0.3) is 0 Å². The number of hydrogen-bond donors (Lipinski definition) is 3. The van der Waals surface area contributed by atoms with E-state index in [1.165, 1.54) is 19.3 Å². The monoisotopic (exact) mass is 1130 g/mol. The molecular formula is C69H108O12. The Morgan fingerprint density at radius 2 is 0.790 bits per heavy atom. The lowest BCUT2D eigenvalue weighted by molar-refractivity contribution is -0.301. The number of carboxylic acid groups (broad SMARTS) is 1. The molecule has 0 aromatic heterocycles. The van der Waals surface area contributed by atoms with E-state index in [1.807, 2.05) is 6.08 Å². The minimum absolute atomic E-state index is 0.0357. The van der Waals surface area contributed by atoms with Gasteiger partial charge in [-0.05, 0) is 128 Å². The largest absolute Gasteiger partial charge is 0.479 e. The molecule has 1 fully saturated rings. The van der Waals surface area contributed by atoms with Crippen molar-refractivity contribution >= 4 is 23.9 Å². The average Bonchev–Trinajstić information content (AvgIpc) is 3.53. The summed E-state index contributed by atoms with van der Waals surface area (Å²) in [5.74, 6) is -3.26. The van der Waals surface area contributed by atoms with Crippen LogP contribution in [0, 0.1) is 0 Å². The fraction of sp³-hybridized carbons (Fsp3) is 0.623. The molecule has 0 bridgehead atoms. The molecule has 456 valence electrons. The fourth-order valence-electron chi connectivity index (χ4n) is 8.48. The lowest BCUT2D eigenvalue weighted by Gasteiger charge is -2.40. The maximum Gasteiger partial charge on any atom is 0.335 e. The average molecular weight is 1130 g/mol. The molecule has 0 aromatic carbocycles. The van der Waals surface area contributed by atoms with Crippen molar-refractivity contribution in [1.82, 2.24) is 0 Å². The van der Waals surface area contributed by atoms with Gasteiger partial charge in [-0.1, -0.05) is 212 Å². The molecule has 0 spiro atoms. The Bertz CT molecular complexity index is 1920. The van der Waals surface area contributed by atoms with Crippen LogP contribution in [-0.4, -0.2) is 89.2 Å². The lowest BCUT2D eigenvalue weighted by atomic mass is 9.98. The maximum atomic E-state index is 13.2. The molecule has 12 heteroatoms. The number of ether oxygens (including phenoxy) is 5. The number of aliphatic hydroxyl groups excluding tert-OH is 2. The van der Waals surface area contributed by atoms with Crippen LogP contribution in [0.4, 0.5) is 0 Å². The van der Waals surface area contributed by atoms with Gasteiger partial charge < -0.3 is 39.0 Å². The molecule has 0 saturated carbocycles. The first kappa shape index (κ1) is 73.9. The third-order valence-corrected chi connectivity index (χ3v) is 13.2. The highest BCUT2D eigenvalue weighted by Gasteiger charge is 2.50. The highest BCUT2D eigenvalue weighted by atomic mass is 16.7. The SMILES string of the molecule is CC/C=C\C/C=C\C/C=C\C/C=C\C/C=C\CCCC(=O)OCC(COC1OC(C(=O)O)C(O)C(O)C1OC(=O)CCCCCCCCC/C=C\C/C=C\CCCCC)OC(=O)CCCCCC/C=C\C/C=C\C/C=C\C/C=C\CC. The van der Waals surface area contributed by atoms with Crippen molar-refractivity contribution in [2.24, 2.45) is 0 Å². The molecule has 12 nitrogen and oxygen atoms in total. The van der Waals surface area contributed by atoms with E-state index in [-0.39, 0.29) is 25.9 Å². The number of esters is 3. The maximum absolute atomic E-state index is 13.2. The van der Waals surface area contributed by atoms with Gasteiger partial charge in [-0.15, -0.1) is 0 Å². The number of carboxylic acids is 1. The number of hydrogen-bond acceptors (Lipinski definition) is 11. The molecule has 1 saturated heterocycles. The second kappa shape index (κ2) is 55.4. The predicted molar refractivity (Wildman–Crippen MR) is 330 cm³/mol. The highest BCUT2D eigenvalue weighted by Crippen LogP contribution is 2.26. The zero-order chi connectivity index (χ0) is 58.9. The van der Waals surface area contributed by atoms with Crippen LogP contribution in [0.1, 0.15) is 226 Å². The second-order valence-corrected chi connectivity index (χ2v) is 20.6. The van der Waals surface area contributed by atoms with Crippen molar-refractivity contribution < 1.29 is 58.2 Å². The van der Waals surface area contributed by atoms with Crippen LogP contribution < -0.4 is 0 Å². The Hall–Kier alpha value is -5.14. The van der Waals surface area contributed by atoms with Gasteiger partial charge in [0.05, 0.1) is 6.61 Å². The summed E-state index contributed by atoms with van der Waals surface area (Å²) in [4.78, 5) is 51.3. The van der Waals surface area contributed by atoms with Gasteiger partial charge in [0.15, 0.2) is 24.6 Å². The summed E-state index contributed by atoms with van der Waals surface area (Å²) in [5.41, 5.74) is 0. The van der Waals surface area contributed by atoms with E-state index in [0.29, 0.717) is 25.7 Å². The third kappa shape index (κ3) is 45.1. The van der Waals surface area contributed by atoms with E-state index in [0.717, 1.165) is 141 Å². The Morgan fingerprint density at radius 3 is 1.22 bits per heavy atom. The quantitative estimate of drug-likeness (QED) is 0.0228. The van der Waals surface area contributed by atoms with Crippen molar-refractivity contribution in [2.45, 2.75) is 263 Å². The van der Waals surface area contributed by atoms with Crippen LogP contribution in [0.25, 0.3) is 0 Å². The highest BCUT2D eigenvalue weighted by molar-refractivity contribution is 5.74. The second-order valence-electron chi connectivity index (χ2n) is 20.6. The van der Waals surface area contributed by atoms with Crippen molar-refractivity contribution in [3.63, 3.8) is 0 Å². The Kier molecular flexibility index (Phi) is 50.5. The van der Waals surface area contributed by atoms with Gasteiger partial charge in [0, 0.05) is 19.3 Å². The molecule has 6 atom stereocenters. The molecular weight excluding hydrogens is 1020 g/mol. The minimum Gasteiger partial charge on any atom is -0.479 e. The van der Waals surface area contributed by atoms with E-state index >= 15 is 0 Å². The number of carbonyl (C=O) groups is 4. The van der Waals surface area contributed by atoms with E-state index in [9.17, 15) is 34.5 Å². The fourth-order valence-corrected chi connectivity index (χ4v) is 8.48. The van der Waals surface area contributed by atoms with Crippen LogP contribution in [0.3, 0.4) is 0 Å². The molecule has 0 amide bonds. The zero-order valence-corrected chi connectivity index (χ0v) is 50.2. The van der Waals surface area contributed by atoms with Gasteiger partial charge >= 0.3 is 23.9 Å². The van der Waals surface area contributed by atoms with Crippen LogP contribution in [-0.2, 0) is 42.9 Å². The molecule has 1 aliphatic heterocycles. The van der Waals surface area contributed by atoms with E-state index in [1.54, 1.807) is 0 Å². The van der Waals surface area contributed by atoms with Crippen molar-refractivity contribution in [3.05, 3.63) is 134 Å². The van der Waals surface area contributed by atoms with E-state index < -0.39 is 67.3 Å². The molecule has 1 heterocycles. The molecule has 0 radical (unpaired) electrons. The van der Waals surface area contributed by atoms with Gasteiger partial charge in [-0.25, -0.2) is 4.79 Å². The number of aliphatic hydroxyl groups is 2. The molecule has 1 rings (SSSR count). The van der Waals surface area contributed by atoms with Gasteiger partial charge in [0.1, 0.15) is 18.8 Å². The summed E-state index contributed by atoms with van der Waals surface area (Å²) in [7, 11) is 0. The molecule has 1 aliphatic rings. The third-order valence-electron chi connectivity index (χ3n) is 13.2. The Balaban J connectivity index is 2.75.